The monoisotopic (exact) mass is 686 g/mol. The molecule has 1 amide bonds. The zero-order chi connectivity index (χ0) is 35.0. The third-order valence-corrected chi connectivity index (χ3v) is 8.05. The highest BCUT2D eigenvalue weighted by atomic mass is 32.2. The van der Waals surface area contributed by atoms with Crippen molar-refractivity contribution in [3.05, 3.63) is 90.8 Å². The van der Waals surface area contributed by atoms with Crippen molar-refractivity contribution in [2.45, 2.75) is 31.1 Å². The maximum atomic E-state index is 13.8. The number of benzene rings is 2. The molecule has 2 aromatic carbocycles. The van der Waals surface area contributed by atoms with Crippen molar-refractivity contribution >= 4 is 33.6 Å². The molecule has 0 aliphatic rings. The van der Waals surface area contributed by atoms with Crippen molar-refractivity contribution < 1.29 is 32.2 Å². The smallest absolute Gasteiger partial charge is 0.412 e. The van der Waals surface area contributed by atoms with Gasteiger partial charge in [0.05, 0.1) is 12.0 Å². The molecule has 15 nitrogen and oxygen atoms in total. The van der Waals surface area contributed by atoms with E-state index in [1.807, 2.05) is 20.8 Å². The Morgan fingerprint density at radius 3 is 2.22 bits per heavy atom. The van der Waals surface area contributed by atoms with Gasteiger partial charge in [0.25, 0.3) is 15.9 Å². The number of rotatable bonds is 12. The normalized spacial score (nSPS) is 11.3. The van der Waals surface area contributed by atoms with E-state index in [-0.39, 0.29) is 70.0 Å². The van der Waals surface area contributed by atoms with Crippen LogP contribution in [0, 0.1) is 0 Å². The number of ether oxygens (including phenoxy) is 4. The highest BCUT2D eigenvalue weighted by Crippen LogP contribution is 2.41. The summed E-state index contributed by atoms with van der Waals surface area (Å²) in [5.41, 5.74) is 6.42. The standard InChI is InChI=1S/C33H34N8O7S/c1-33(2,3)21-13-15-22(16-14-21)49(43,44)41-28-27(48-24-10-6-5-9-23(24)45-4)31(40-30(39-28)29-35-17-8-18-36-29)46-19-20-47-32(42)38-26-12-7-11-25(34)37-26/h5-18H,19-20H2,1-4H3,(H,39,40,41)(H3,34,37,38,42). The number of aromatic nitrogens is 5. The van der Waals surface area contributed by atoms with E-state index in [1.165, 1.54) is 31.6 Å². The highest BCUT2D eigenvalue weighted by Gasteiger charge is 2.26. The second-order valence-electron chi connectivity index (χ2n) is 11.3. The molecule has 0 saturated carbocycles. The summed E-state index contributed by atoms with van der Waals surface area (Å²) in [6, 6.07) is 19.6. The quantitative estimate of drug-likeness (QED) is 0.140. The molecule has 0 aliphatic carbocycles. The SMILES string of the molecule is COc1ccccc1Oc1c(NS(=O)(=O)c2ccc(C(C)(C)C)cc2)nc(-c2ncccn2)nc1OCCOC(=O)Nc1cccc(N)n1. The molecule has 49 heavy (non-hydrogen) atoms. The number of nitrogens with one attached hydrogen (secondary N) is 2. The van der Waals surface area contributed by atoms with Gasteiger partial charge in [-0.05, 0) is 53.4 Å². The zero-order valence-electron chi connectivity index (χ0n) is 27.1. The van der Waals surface area contributed by atoms with Gasteiger partial charge in [-0.1, -0.05) is 51.1 Å². The summed E-state index contributed by atoms with van der Waals surface area (Å²) in [6.45, 7) is 5.61. The third-order valence-electron chi connectivity index (χ3n) is 6.70. The molecule has 16 heteroatoms. The molecule has 0 unspecified atom stereocenters. The molecule has 0 spiro atoms. The Bertz CT molecular complexity index is 2020. The number of amides is 1. The Labute approximate surface area is 282 Å². The first kappa shape index (κ1) is 34.3. The summed E-state index contributed by atoms with van der Waals surface area (Å²) in [5, 5.41) is 2.47. The number of hydrogen-bond acceptors (Lipinski definition) is 13. The fourth-order valence-corrected chi connectivity index (χ4v) is 5.28. The molecule has 0 atom stereocenters. The van der Waals surface area contributed by atoms with Gasteiger partial charge in [-0.3, -0.25) is 10.0 Å². The largest absolute Gasteiger partial charge is 0.493 e. The minimum absolute atomic E-state index is 0.0172. The first-order valence-electron chi connectivity index (χ1n) is 14.9. The Hall–Kier alpha value is -6.03. The van der Waals surface area contributed by atoms with Crippen LogP contribution in [-0.4, -0.2) is 59.8 Å². The fourth-order valence-electron chi connectivity index (χ4n) is 4.27. The molecule has 4 N–H and O–H groups in total. The number of nitrogen functional groups attached to an aromatic ring is 1. The lowest BCUT2D eigenvalue weighted by Crippen LogP contribution is -2.19. The second-order valence-corrected chi connectivity index (χ2v) is 13.0. The fraction of sp³-hybridized carbons (Fsp3) is 0.212. The van der Waals surface area contributed by atoms with Crippen molar-refractivity contribution in [1.82, 2.24) is 24.9 Å². The molecule has 5 aromatic rings. The van der Waals surface area contributed by atoms with Gasteiger partial charge in [-0.25, -0.2) is 33.1 Å². The summed E-state index contributed by atoms with van der Waals surface area (Å²) in [6.07, 6.45) is 2.15. The molecule has 5 rings (SSSR count). The molecular weight excluding hydrogens is 652 g/mol. The number of anilines is 3. The second kappa shape index (κ2) is 14.8. The number of nitrogens with zero attached hydrogens (tertiary/aromatic N) is 5. The van der Waals surface area contributed by atoms with Gasteiger partial charge < -0.3 is 24.7 Å². The molecule has 0 aliphatic heterocycles. The number of pyridine rings is 1. The Morgan fingerprint density at radius 1 is 0.837 bits per heavy atom. The lowest BCUT2D eigenvalue weighted by molar-refractivity contribution is 0.135. The van der Waals surface area contributed by atoms with Crippen molar-refractivity contribution in [3.63, 3.8) is 0 Å². The van der Waals surface area contributed by atoms with Crippen LogP contribution in [0.1, 0.15) is 26.3 Å². The van der Waals surface area contributed by atoms with Gasteiger partial charge in [-0.2, -0.15) is 4.98 Å². The van der Waals surface area contributed by atoms with Crippen LogP contribution in [0.4, 0.5) is 22.2 Å². The predicted molar refractivity (Wildman–Crippen MR) is 181 cm³/mol. The predicted octanol–water partition coefficient (Wildman–Crippen LogP) is 5.44. The Kier molecular flexibility index (Phi) is 10.4. The van der Waals surface area contributed by atoms with E-state index in [0.717, 1.165) is 5.56 Å². The van der Waals surface area contributed by atoms with E-state index < -0.39 is 16.1 Å². The van der Waals surface area contributed by atoms with Crippen LogP contribution in [0.5, 0.6) is 23.1 Å². The average molecular weight is 687 g/mol. The van der Waals surface area contributed by atoms with Crippen molar-refractivity contribution in [1.29, 1.82) is 0 Å². The van der Waals surface area contributed by atoms with E-state index in [4.69, 9.17) is 24.7 Å². The molecule has 3 heterocycles. The van der Waals surface area contributed by atoms with Crippen LogP contribution < -0.4 is 30.0 Å². The molecular formula is C33H34N8O7S. The van der Waals surface area contributed by atoms with E-state index >= 15 is 0 Å². The summed E-state index contributed by atoms with van der Waals surface area (Å²) in [5.74, 6) is 0.299. The number of nitrogens with two attached hydrogens (primary N) is 1. The Balaban J connectivity index is 1.50. The van der Waals surface area contributed by atoms with E-state index in [0.29, 0.717) is 5.75 Å². The maximum Gasteiger partial charge on any atom is 0.412 e. The van der Waals surface area contributed by atoms with Gasteiger partial charge in [0.2, 0.25) is 11.6 Å². The van der Waals surface area contributed by atoms with Crippen LogP contribution in [0.3, 0.4) is 0 Å². The van der Waals surface area contributed by atoms with Crippen molar-refractivity contribution in [3.8, 4) is 34.8 Å². The molecule has 0 saturated heterocycles. The number of sulfonamides is 1. The first-order chi connectivity index (χ1) is 23.4. The van der Waals surface area contributed by atoms with Gasteiger partial charge >= 0.3 is 6.09 Å². The topological polar surface area (TPSA) is 203 Å². The lowest BCUT2D eigenvalue weighted by atomic mass is 9.87. The number of methoxy groups -OCH3 is 1. The number of para-hydroxylation sites is 2. The van der Waals surface area contributed by atoms with Gasteiger partial charge in [-0.15, -0.1) is 0 Å². The van der Waals surface area contributed by atoms with Crippen molar-refractivity contribution in [2.24, 2.45) is 0 Å². The third kappa shape index (κ3) is 8.86. The number of hydrogen-bond donors (Lipinski definition) is 3. The summed E-state index contributed by atoms with van der Waals surface area (Å²) < 4.78 is 52.8. The van der Waals surface area contributed by atoms with Crippen LogP contribution in [0.2, 0.25) is 0 Å². The highest BCUT2D eigenvalue weighted by molar-refractivity contribution is 7.92. The summed E-state index contributed by atoms with van der Waals surface area (Å²) >= 11 is 0. The van der Waals surface area contributed by atoms with E-state index in [2.05, 4.69) is 35.0 Å². The van der Waals surface area contributed by atoms with Gasteiger partial charge in [0.15, 0.2) is 23.1 Å². The number of carbonyl (C=O) groups is 1. The lowest BCUT2D eigenvalue weighted by Gasteiger charge is -2.20. The van der Waals surface area contributed by atoms with Crippen molar-refractivity contribution in [2.75, 3.05) is 36.1 Å². The average Bonchev–Trinajstić information content (AvgIpc) is 3.08. The summed E-state index contributed by atoms with van der Waals surface area (Å²) in [4.78, 5) is 33.6. The van der Waals surface area contributed by atoms with Crippen LogP contribution in [0.25, 0.3) is 11.6 Å². The zero-order valence-corrected chi connectivity index (χ0v) is 27.9. The minimum atomic E-state index is -4.23. The molecule has 0 fully saturated rings. The van der Waals surface area contributed by atoms with Crippen LogP contribution in [0.15, 0.2) is 90.1 Å². The summed E-state index contributed by atoms with van der Waals surface area (Å²) in [7, 11) is -2.77. The van der Waals surface area contributed by atoms with E-state index in [9.17, 15) is 13.2 Å². The molecule has 0 radical (unpaired) electrons. The van der Waals surface area contributed by atoms with Crippen LogP contribution >= 0.6 is 0 Å². The number of carbonyl (C=O) groups excluding carboxylic acids is 1. The van der Waals surface area contributed by atoms with Gasteiger partial charge in [0, 0.05) is 12.4 Å². The Morgan fingerprint density at radius 2 is 1.55 bits per heavy atom. The molecule has 254 valence electrons. The molecule has 0 bridgehead atoms. The van der Waals surface area contributed by atoms with Gasteiger partial charge in [0.1, 0.15) is 24.8 Å². The minimum Gasteiger partial charge on any atom is -0.493 e. The first-order valence-corrected chi connectivity index (χ1v) is 16.3. The molecule has 3 aromatic heterocycles. The maximum absolute atomic E-state index is 13.8. The van der Waals surface area contributed by atoms with Crippen LogP contribution in [-0.2, 0) is 20.2 Å². The van der Waals surface area contributed by atoms with E-state index in [1.54, 1.807) is 60.7 Å².